The molecule has 1 fully saturated rings. The van der Waals surface area contributed by atoms with Crippen LogP contribution in [0.1, 0.15) is 46.3 Å². The van der Waals surface area contributed by atoms with E-state index in [1.807, 2.05) is 11.8 Å². The lowest BCUT2D eigenvalue weighted by molar-refractivity contribution is -0.130. The van der Waals surface area contributed by atoms with Gasteiger partial charge >= 0.3 is 0 Å². The van der Waals surface area contributed by atoms with Gasteiger partial charge < -0.3 is 19.5 Å². The lowest BCUT2D eigenvalue weighted by Gasteiger charge is -2.36. The molecule has 2 rings (SSSR count). The van der Waals surface area contributed by atoms with Gasteiger partial charge in [-0.15, -0.1) is 0 Å². The van der Waals surface area contributed by atoms with Crippen molar-refractivity contribution < 1.29 is 9.21 Å². The minimum Gasteiger partial charge on any atom is -0.443 e. The van der Waals surface area contributed by atoms with Crippen molar-refractivity contribution >= 4 is 11.9 Å². The third kappa shape index (κ3) is 4.72. The van der Waals surface area contributed by atoms with E-state index in [2.05, 4.69) is 41.0 Å². The Balaban J connectivity index is 2.01. The summed E-state index contributed by atoms with van der Waals surface area (Å²) in [7, 11) is 0. The lowest BCUT2D eigenvalue weighted by atomic mass is 9.94. The quantitative estimate of drug-likeness (QED) is 0.671. The van der Waals surface area contributed by atoms with Gasteiger partial charge in [-0.25, -0.2) is 9.98 Å². The largest absolute Gasteiger partial charge is 0.443 e. The van der Waals surface area contributed by atoms with Gasteiger partial charge in [0, 0.05) is 45.1 Å². The summed E-state index contributed by atoms with van der Waals surface area (Å²) in [5.74, 6) is 2.47. The third-order valence-corrected chi connectivity index (χ3v) is 4.02. The molecule has 1 aromatic heterocycles. The molecule has 0 unspecified atom stereocenters. The van der Waals surface area contributed by atoms with Gasteiger partial charge in [-0.1, -0.05) is 20.8 Å². The first-order valence-corrected chi connectivity index (χ1v) is 8.55. The van der Waals surface area contributed by atoms with Crippen LogP contribution in [-0.4, -0.2) is 59.4 Å². The van der Waals surface area contributed by atoms with Gasteiger partial charge in [0.25, 0.3) is 0 Å². The molecule has 1 N–H and O–H groups in total. The van der Waals surface area contributed by atoms with Crippen molar-refractivity contribution in [2.24, 2.45) is 4.99 Å². The summed E-state index contributed by atoms with van der Waals surface area (Å²) in [6, 6.07) is 0. The second-order valence-electron chi connectivity index (χ2n) is 7.03. The van der Waals surface area contributed by atoms with Crippen LogP contribution in [0.3, 0.4) is 0 Å². The van der Waals surface area contributed by atoms with Crippen molar-refractivity contribution in [3.63, 3.8) is 0 Å². The maximum atomic E-state index is 11.4. The number of carbonyl (C=O) groups excluding carboxylic acids is 1. The maximum Gasteiger partial charge on any atom is 0.219 e. The first-order chi connectivity index (χ1) is 11.3. The summed E-state index contributed by atoms with van der Waals surface area (Å²) in [5.41, 5.74) is -0.0531. The number of hydrogen-bond donors (Lipinski definition) is 1. The number of nitrogens with zero attached hydrogens (tertiary/aromatic N) is 4. The highest BCUT2D eigenvalue weighted by Gasteiger charge is 2.22. The Kier molecular flexibility index (Phi) is 5.85. The van der Waals surface area contributed by atoms with Gasteiger partial charge in [-0.3, -0.25) is 4.79 Å². The molecule has 0 radical (unpaired) electrons. The highest BCUT2D eigenvalue weighted by atomic mass is 16.4. The number of nitrogens with one attached hydrogen (secondary N) is 1. The van der Waals surface area contributed by atoms with Gasteiger partial charge in [0.05, 0.1) is 6.20 Å². The first-order valence-electron chi connectivity index (χ1n) is 8.55. The monoisotopic (exact) mass is 335 g/mol. The normalized spacial score (nSPS) is 16.5. The fourth-order valence-corrected chi connectivity index (χ4v) is 2.53. The molecule has 0 aliphatic carbocycles. The molecule has 0 bridgehead atoms. The maximum absolute atomic E-state index is 11.4. The zero-order valence-corrected chi connectivity index (χ0v) is 15.4. The summed E-state index contributed by atoms with van der Waals surface area (Å²) in [6.45, 7) is 14.2. The molecule has 7 nitrogen and oxygen atoms in total. The molecule has 0 aromatic carbocycles. The van der Waals surface area contributed by atoms with Gasteiger partial charge in [-0.05, 0) is 6.92 Å². The predicted molar refractivity (Wildman–Crippen MR) is 93.8 cm³/mol. The molecule has 1 aromatic rings. The molecular formula is C17H29N5O2. The number of hydrogen-bond acceptors (Lipinski definition) is 4. The van der Waals surface area contributed by atoms with E-state index in [4.69, 9.17) is 4.42 Å². The molecule has 7 heteroatoms. The Bertz CT molecular complexity index is 580. The lowest BCUT2D eigenvalue weighted by Crippen LogP contribution is -2.53. The van der Waals surface area contributed by atoms with E-state index in [1.54, 1.807) is 13.1 Å². The molecule has 134 valence electrons. The summed E-state index contributed by atoms with van der Waals surface area (Å²) >= 11 is 0. The molecule has 24 heavy (non-hydrogen) atoms. The van der Waals surface area contributed by atoms with Crippen LogP contribution in [0.25, 0.3) is 0 Å². The van der Waals surface area contributed by atoms with E-state index in [0.29, 0.717) is 12.4 Å². The molecule has 1 aliphatic rings. The van der Waals surface area contributed by atoms with Crippen LogP contribution in [0.2, 0.25) is 0 Å². The van der Waals surface area contributed by atoms with Crippen molar-refractivity contribution in [2.75, 3.05) is 32.7 Å². The number of aliphatic imine (C=N–C) groups is 1. The van der Waals surface area contributed by atoms with Crippen LogP contribution in [0.4, 0.5) is 0 Å². The zero-order valence-electron chi connectivity index (χ0n) is 15.4. The fourth-order valence-electron chi connectivity index (χ4n) is 2.53. The Hall–Kier alpha value is -2.05. The number of oxazole rings is 1. The zero-order chi connectivity index (χ0) is 17.7. The van der Waals surface area contributed by atoms with Gasteiger partial charge in [0.15, 0.2) is 5.96 Å². The number of piperazine rings is 1. The van der Waals surface area contributed by atoms with Crippen molar-refractivity contribution in [3.05, 3.63) is 17.8 Å². The topological polar surface area (TPSA) is 74.0 Å². The van der Waals surface area contributed by atoms with Gasteiger partial charge in [-0.2, -0.15) is 0 Å². The highest BCUT2D eigenvalue weighted by molar-refractivity contribution is 5.80. The molecule has 0 atom stereocenters. The van der Waals surface area contributed by atoms with Gasteiger partial charge in [0.2, 0.25) is 11.8 Å². The van der Waals surface area contributed by atoms with Crippen LogP contribution in [0.15, 0.2) is 15.6 Å². The Morgan fingerprint density at radius 3 is 2.42 bits per heavy atom. The number of guanidine groups is 1. The second-order valence-corrected chi connectivity index (χ2v) is 7.03. The van der Waals surface area contributed by atoms with Crippen molar-refractivity contribution in [2.45, 2.75) is 46.6 Å². The van der Waals surface area contributed by atoms with Crippen LogP contribution in [-0.2, 0) is 16.8 Å². The minimum atomic E-state index is -0.0531. The summed E-state index contributed by atoms with van der Waals surface area (Å²) < 4.78 is 5.80. The van der Waals surface area contributed by atoms with Crippen LogP contribution in [0, 0.1) is 0 Å². The Labute approximate surface area is 144 Å². The number of carbonyl (C=O) groups is 1. The van der Waals surface area contributed by atoms with Gasteiger partial charge in [0.1, 0.15) is 12.3 Å². The van der Waals surface area contributed by atoms with E-state index in [1.165, 1.54) is 0 Å². The molecule has 1 amide bonds. The molecule has 1 saturated heterocycles. The number of rotatable bonds is 3. The van der Waals surface area contributed by atoms with Crippen LogP contribution >= 0.6 is 0 Å². The fraction of sp³-hybridized carbons (Fsp3) is 0.706. The van der Waals surface area contributed by atoms with Crippen LogP contribution < -0.4 is 5.32 Å². The SMILES string of the molecule is CCNC(=NCc1ncc(C(C)(C)C)o1)N1CCN(C(C)=O)CC1. The van der Waals surface area contributed by atoms with Crippen molar-refractivity contribution in [3.8, 4) is 0 Å². The molecule has 0 saturated carbocycles. The molecule has 2 heterocycles. The van der Waals surface area contributed by atoms with E-state index in [9.17, 15) is 4.79 Å². The van der Waals surface area contributed by atoms with E-state index >= 15 is 0 Å². The number of aromatic nitrogens is 1. The predicted octanol–water partition coefficient (Wildman–Crippen LogP) is 1.60. The highest BCUT2D eigenvalue weighted by Crippen LogP contribution is 2.22. The Morgan fingerprint density at radius 2 is 1.92 bits per heavy atom. The van der Waals surface area contributed by atoms with Crippen molar-refractivity contribution in [1.82, 2.24) is 20.1 Å². The summed E-state index contributed by atoms with van der Waals surface area (Å²) in [5, 5.41) is 3.31. The third-order valence-electron chi connectivity index (χ3n) is 4.02. The minimum absolute atomic E-state index is 0.0531. The Morgan fingerprint density at radius 1 is 1.29 bits per heavy atom. The van der Waals surface area contributed by atoms with Crippen LogP contribution in [0.5, 0.6) is 0 Å². The first kappa shape index (κ1) is 18.3. The second kappa shape index (κ2) is 7.68. The van der Waals surface area contributed by atoms with Crippen molar-refractivity contribution in [1.29, 1.82) is 0 Å². The van der Waals surface area contributed by atoms with E-state index in [0.717, 1.165) is 44.4 Å². The average molecular weight is 335 g/mol. The standard InChI is InChI=1S/C17H29N5O2/c1-6-18-16(22-9-7-21(8-10-22)13(2)23)20-12-15-19-11-14(24-15)17(3,4)5/h11H,6-10,12H2,1-5H3,(H,18,20). The summed E-state index contributed by atoms with van der Waals surface area (Å²) in [6.07, 6.45) is 1.78. The smallest absolute Gasteiger partial charge is 0.219 e. The number of amides is 1. The average Bonchev–Trinajstić information content (AvgIpc) is 3.01. The molecule has 0 spiro atoms. The van der Waals surface area contributed by atoms with E-state index < -0.39 is 0 Å². The molecule has 1 aliphatic heterocycles. The summed E-state index contributed by atoms with van der Waals surface area (Å²) in [4.78, 5) is 24.4. The van der Waals surface area contributed by atoms with E-state index in [-0.39, 0.29) is 11.3 Å². The molecular weight excluding hydrogens is 306 g/mol.